The van der Waals surface area contributed by atoms with E-state index in [1.807, 2.05) is 0 Å². The Morgan fingerprint density at radius 1 is 0.536 bits per heavy atom. The fourth-order valence-electron chi connectivity index (χ4n) is 3.94. The molecule has 0 spiro atoms. The molecule has 28 heavy (non-hydrogen) atoms. The van der Waals surface area contributed by atoms with E-state index in [1.54, 1.807) is 0 Å². The summed E-state index contributed by atoms with van der Waals surface area (Å²) in [7, 11) is 0. The molecule has 0 fully saturated rings. The Kier molecular flexibility index (Phi) is 23.1. The molecule has 0 aliphatic heterocycles. The summed E-state index contributed by atoms with van der Waals surface area (Å²) in [5.74, 6) is 0. The third kappa shape index (κ3) is 20.6. The first-order valence-corrected chi connectivity index (χ1v) is 12.8. The Morgan fingerprint density at radius 2 is 0.857 bits per heavy atom. The Labute approximate surface area is 177 Å². The largest absolute Gasteiger partial charge is 0.394 e. The Morgan fingerprint density at radius 3 is 1.18 bits per heavy atom. The number of hydrogen-bond donors (Lipinski definition) is 2. The van der Waals surface area contributed by atoms with Crippen molar-refractivity contribution < 1.29 is 10.2 Å². The van der Waals surface area contributed by atoms with Crippen LogP contribution in [0.5, 0.6) is 0 Å². The quantitative estimate of drug-likeness (QED) is 0.188. The zero-order valence-electron chi connectivity index (χ0n) is 19.5. The predicted molar refractivity (Wildman–Crippen MR) is 124 cm³/mol. The molecule has 0 aromatic rings. The van der Waals surface area contributed by atoms with Crippen LogP contribution < -0.4 is 0 Å². The van der Waals surface area contributed by atoms with Crippen LogP contribution in [0.3, 0.4) is 0 Å². The summed E-state index contributed by atoms with van der Waals surface area (Å²) in [5, 5.41) is 18.9. The highest BCUT2D eigenvalue weighted by Crippen LogP contribution is 2.13. The highest BCUT2D eigenvalue weighted by molar-refractivity contribution is 4.65. The third-order valence-electron chi connectivity index (χ3n) is 5.84. The second kappa shape index (κ2) is 23.2. The molecule has 1 atom stereocenters. The molecular formula is C25H53NO2. The molecule has 0 saturated heterocycles. The minimum atomic E-state index is -0.586. The number of aliphatic hydroxyl groups excluding tert-OH is 2. The van der Waals surface area contributed by atoms with Gasteiger partial charge in [-0.2, -0.15) is 0 Å². The molecule has 0 bridgehead atoms. The van der Waals surface area contributed by atoms with Gasteiger partial charge in [0, 0.05) is 6.54 Å². The zero-order chi connectivity index (χ0) is 20.7. The minimum Gasteiger partial charge on any atom is -0.394 e. The molecular weight excluding hydrogens is 346 g/mol. The van der Waals surface area contributed by atoms with Crippen LogP contribution in [0, 0.1) is 0 Å². The van der Waals surface area contributed by atoms with Gasteiger partial charge in [0.1, 0.15) is 0 Å². The molecule has 0 amide bonds. The molecule has 0 aromatic carbocycles. The van der Waals surface area contributed by atoms with Crippen LogP contribution in [0.1, 0.15) is 129 Å². The van der Waals surface area contributed by atoms with Crippen molar-refractivity contribution in [3.05, 3.63) is 0 Å². The maximum Gasteiger partial charge on any atom is 0.0897 e. The second-order valence-electron chi connectivity index (χ2n) is 8.79. The van der Waals surface area contributed by atoms with Crippen molar-refractivity contribution in [2.45, 2.75) is 136 Å². The first kappa shape index (κ1) is 27.9. The van der Waals surface area contributed by atoms with Gasteiger partial charge in [-0.1, -0.05) is 117 Å². The molecule has 0 aliphatic carbocycles. The molecule has 3 nitrogen and oxygen atoms in total. The first-order chi connectivity index (χ1) is 13.7. The maximum absolute atomic E-state index is 9.80. The number of unbranched alkanes of at least 4 members (excludes halogenated alkanes) is 16. The van der Waals surface area contributed by atoms with Crippen LogP contribution in [0.25, 0.3) is 0 Å². The minimum absolute atomic E-state index is 0.120. The normalized spacial score (nSPS) is 12.8. The maximum atomic E-state index is 9.80. The van der Waals surface area contributed by atoms with Crippen molar-refractivity contribution >= 4 is 0 Å². The Balaban J connectivity index is 3.61. The summed E-state index contributed by atoms with van der Waals surface area (Å²) in [6.45, 7) is 7.19. The van der Waals surface area contributed by atoms with E-state index in [1.165, 1.54) is 116 Å². The summed E-state index contributed by atoms with van der Waals surface area (Å²) >= 11 is 0. The highest BCUT2D eigenvalue weighted by atomic mass is 16.3. The molecule has 0 saturated carbocycles. The Bertz CT molecular complexity index is 286. The van der Waals surface area contributed by atoms with Crippen LogP contribution in [0.2, 0.25) is 0 Å². The van der Waals surface area contributed by atoms with Crippen molar-refractivity contribution in [2.75, 3.05) is 26.2 Å². The number of nitrogens with zero attached hydrogens (tertiary/aromatic N) is 1. The van der Waals surface area contributed by atoms with E-state index in [4.69, 9.17) is 5.11 Å². The van der Waals surface area contributed by atoms with Gasteiger partial charge in [0.05, 0.1) is 12.7 Å². The van der Waals surface area contributed by atoms with E-state index >= 15 is 0 Å². The summed E-state index contributed by atoms with van der Waals surface area (Å²) in [6, 6.07) is 0. The van der Waals surface area contributed by atoms with Crippen LogP contribution in [0.15, 0.2) is 0 Å². The number of hydrogen-bond acceptors (Lipinski definition) is 3. The third-order valence-corrected chi connectivity index (χ3v) is 5.84. The second-order valence-corrected chi connectivity index (χ2v) is 8.79. The fraction of sp³-hybridized carbons (Fsp3) is 1.00. The monoisotopic (exact) mass is 399 g/mol. The van der Waals surface area contributed by atoms with E-state index in [2.05, 4.69) is 18.7 Å². The van der Waals surface area contributed by atoms with Crippen molar-refractivity contribution in [3.63, 3.8) is 0 Å². The van der Waals surface area contributed by atoms with Crippen LogP contribution >= 0.6 is 0 Å². The molecule has 1 unspecified atom stereocenters. The van der Waals surface area contributed by atoms with Crippen LogP contribution in [-0.2, 0) is 0 Å². The molecule has 0 heterocycles. The Hall–Kier alpha value is -0.120. The average Bonchev–Trinajstić information content (AvgIpc) is 2.70. The van der Waals surface area contributed by atoms with E-state index in [0.29, 0.717) is 6.54 Å². The smallest absolute Gasteiger partial charge is 0.0897 e. The lowest BCUT2D eigenvalue weighted by atomic mass is 10.1. The molecule has 170 valence electrons. The molecule has 3 heteroatoms. The summed E-state index contributed by atoms with van der Waals surface area (Å²) in [4.78, 5) is 2.37. The van der Waals surface area contributed by atoms with Crippen molar-refractivity contribution in [3.8, 4) is 0 Å². The average molecular weight is 400 g/mol. The molecule has 0 aliphatic rings. The predicted octanol–water partition coefficient (Wildman–Crippen LogP) is 6.70. The number of aliphatic hydroxyl groups is 2. The van der Waals surface area contributed by atoms with Gasteiger partial charge in [0.15, 0.2) is 0 Å². The van der Waals surface area contributed by atoms with E-state index < -0.39 is 6.10 Å². The first-order valence-electron chi connectivity index (χ1n) is 12.8. The summed E-state index contributed by atoms with van der Waals surface area (Å²) in [5.41, 5.74) is 0. The van der Waals surface area contributed by atoms with Gasteiger partial charge in [-0.3, -0.25) is 0 Å². The lowest BCUT2D eigenvalue weighted by Gasteiger charge is -2.24. The molecule has 0 aromatic heterocycles. The fourth-order valence-corrected chi connectivity index (χ4v) is 3.94. The van der Waals surface area contributed by atoms with Crippen molar-refractivity contribution in [1.29, 1.82) is 0 Å². The van der Waals surface area contributed by atoms with Gasteiger partial charge in [0.2, 0.25) is 0 Å². The number of rotatable bonds is 23. The van der Waals surface area contributed by atoms with Crippen molar-refractivity contribution in [1.82, 2.24) is 4.90 Å². The molecule has 0 radical (unpaired) electrons. The van der Waals surface area contributed by atoms with Gasteiger partial charge in [-0.25, -0.2) is 0 Å². The topological polar surface area (TPSA) is 43.7 Å². The van der Waals surface area contributed by atoms with Crippen LogP contribution in [-0.4, -0.2) is 47.5 Å². The van der Waals surface area contributed by atoms with Gasteiger partial charge in [0.25, 0.3) is 0 Å². The van der Waals surface area contributed by atoms with E-state index in [0.717, 1.165) is 13.1 Å². The summed E-state index contributed by atoms with van der Waals surface area (Å²) in [6.07, 6.45) is 23.8. The van der Waals surface area contributed by atoms with Gasteiger partial charge in [-0.15, -0.1) is 0 Å². The highest BCUT2D eigenvalue weighted by Gasteiger charge is 2.10. The summed E-state index contributed by atoms with van der Waals surface area (Å²) < 4.78 is 0. The van der Waals surface area contributed by atoms with E-state index in [9.17, 15) is 5.11 Å². The van der Waals surface area contributed by atoms with Gasteiger partial charge in [-0.05, 0) is 25.9 Å². The standard InChI is InChI=1S/C25H53NO2/c1-3-5-7-9-11-12-13-14-15-16-18-20-22-26(23-25(28)24-27)21-19-17-10-8-6-4-2/h25,27-28H,3-24H2,1-2H3. The SMILES string of the molecule is CCCCCCCCCCCCCCN(CCCCCCCC)CC(O)CO. The van der Waals surface area contributed by atoms with Crippen molar-refractivity contribution in [2.24, 2.45) is 0 Å². The van der Waals surface area contributed by atoms with Gasteiger partial charge >= 0.3 is 0 Å². The zero-order valence-corrected chi connectivity index (χ0v) is 19.5. The van der Waals surface area contributed by atoms with Gasteiger partial charge < -0.3 is 15.1 Å². The van der Waals surface area contributed by atoms with Crippen LogP contribution in [0.4, 0.5) is 0 Å². The lowest BCUT2D eigenvalue weighted by Crippen LogP contribution is -2.35. The molecule has 0 rings (SSSR count). The van der Waals surface area contributed by atoms with E-state index in [-0.39, 0.29) is 6.61 Å². The lowest BCUT2D eigenvalue weighted by molar-refractivity contribution is 0.0579. The molecule has 2 N–H and O–H groups in total.